The molecule has 7 heteroatoms. The first-order valence-corrected chi connectivity index (χ1v) is 7.06. The van der Waals surface area contributed by atoms with E-state index in [0.717, 1.165) is 6.92 Å². The van der Waals surface area contributed by atoms with Crippen LogP contribution in [0.3, 0.4) is 0 Å². The van der Waals surface area contributed by atoms with E-state index in [-0.39, 0.29) is 16.9 Å². The number of carbonyl (C=O) groups excluding carboxylic acids is 1. The van der Waals surface area contributed by atoms with Crippen molar-refractivity contribution in [1.29, 1.82) is 0 Å². The number of halogens is 3. The van der Waals surface area contributed by atoms with Crippen LogP contribution in [0.4, 0.5) is 13.2 Å². The molecule has 0 atom stereocenters. The van der Waals surface area contributed by atoms with Gasteiger partial charge in [-0.3, -0.25) is 9.59 Å². The standard InChI is InChI=1S/C14H11F3O3S/c1-3-21-11-5-4-8-12(19)10(14(15,16)17)6-9(7(2)18)13(8)20-11/h4-6H,3H2,1-2H3. The topological polar surface area (TPSA) is 47.3 Å². The van der Waals surface area contributed by atoms with Crippen LogP contribution < -0.4 is 5.43 Å². The third-order valence-corrected chi connectivity index (χ3v) is 3.62. The van der Waals surface area contributed by atoms with Crippen molar-refractivity contribution in [3.63, 3.8) is 0 Å². The summed E-state index contributed by atoms with van der Waals surface area (Å²) in [5.41, 5.74) is -3.02. The lowest BCUT2D eigenvalue weighted by molar-refractivity contribution is -0.138. The zero-order valence-electron chi connectivity index (χ0n) is 11.2. The Labute approximate surface area is 122 Å². The Morgan fingerprint density at radius 2 is 2.00 bits per heavy atom. The molecule has 0 spiro atoms. The lowest BCUT2D eigenvalue weighted by Crippen LogP contribution is -2.22. The molecule has 1 aliphatic carbocycles. The Bertz CT molecular complexity index is 719. The molecule has 0 aromatic rings. The second-order valence-electron chi connectivity index (χ2n) is 4.29. The molecule has 0 saturated heterocycles. The summed E-state index contributed by atoms with van der Waals surface area (Å²) < 4.78 is 44.0. The van der Waals surface area contributed by atoms with Crippen LogP contribution in [-0.2, 0) is 6.18 Å². The molecule has 0 N–H and O–H groups in total. The van der Waals surface area contributed by atoms with E-state index >= 15 is 0 Å². The minimum absolute atomic E-state index is 0.0982. The molecule has 3 nitrogen and oxygen atoms in total. The molecular formula is C14H11F3O3S. The van der Waals surface area contributed by atoms with Crippen LogP contribution in [0.15, 0.2) is 32.5 Å². The summed E-state index contributed by atoms with van der Waals surface area (Å²) in [6, 6.07) is 3.26. The largest absolute Gasteiger partial charge is 0.449 e. The van der Waals surface area contributed by atoms with Gasteiger partial charge in [-0.15, -0.1) is 0 Å². The average Bonchev–Trinajstić information content (AvgIpc) is 2.37. The van der Waals surface area contributed by atoms with Crippen LogP contribution in [0, 0.1) is 0 Å². The minimum atomic E-state index is -4.81. The maximum atomic E-state index is 12.9. The van der Waals surface area contributed by atoms with Crippen LogP contribution in [-0.4, -0.2) is 11.5 Å². The van der Waals surface area contributed by atoms with Crippen molar-refractivity contribution in [3.8, 4) is 11.3 Å². The number of benzene rings is 1. The lowest BCUT2D eigenvalue weighted by Gasteiger charge is -2.14. The van der Waals surface area contributed by atoms with Gasteiger partial charge in [0.25, 0.3) is 0 Å². The third-order valence-electron chi connectivity index (χ3n) is 2.83. The molecule has 112 valence electrons. The summed E-state index contributed by atoms with van der Waals surface area (Å²) in [6.45, 7) is 3.01. The number of carbonyl (C=O) groups is 1. The van der Waals surface area contributed by atoms with Crippen molar-refractivity contribution < 1.29 is 22.4 Å². The van der Waals surface area contributed by atoms with E-state index in [9.17, 15) is 22.8 Å². The van der Waals surface area contributed by atoms with Crippen molar-refractivity contribution in [2.45, 2.75) is 25.1 Å². The van der Waals surface area contributed by atoms with Crippen LogP contribution in [0.5, 0.6) is 0 Å². The predicted octanol–water partition coefficient (Wildman–Crippen LogP) is 4.08. The SMILES string of the molecule is CCSc1ccc2c(=O)c(C(F)(F)F)cc(C(C)=O)c-2o1. The lowest BCUT2D eigenvalue weighted by atomic mass is 9.98. The molecule has 0 radical (unpaired) electrons. The Kier molecular flexibility index (Phi) is 4.13. The highest BCUT2D eigenvalue weighted by atomic mass is 32.2. The van der Waals surface area contributed by atoms with Gasteiger partial charge >= 0.3 is 6.18 Å². The number of hydrogen-bond donors (Lipinski definition) is 0. The highest BCUT2D eigenvalue weighted by Gasteiger charge is 2.37. The predicted molar refractivity (Wildman–Crippen MR) is 73.0 cm³/mol. The van der Waals surface area contributed by atoms with E-state index < -0.39 is 23.0 Å². The average molecular weight is 316 g/mol. The van der Waals surface area contributed by atoms with Crippen molar-refractivity contribution in [2.75, 3.05) is 5.75 Å². The Morgan fingerprint density at radius 1 is 1.33 bits per heavy atom. The molecule has 0 amide bonds. The highest BCUT2D eigenvalue weighted by molar-refractivity contribution is 7.99. The van der Waals surface area contributed by atoms with Gasteiger partial charge in [-0.05, 0) is 30.9 Å². The Hall–Kier alpha value is -1.76. The molecular weight excluding hydrogens is 305 g/mol. The summed E-state index contributed by atoms with van der Waals surface area (Å²) in [5, 5.41) is 0.437. The van der Waals surface area contributed by atoms with Crippen molar-refractivity contribution >= 4 is 17.5 Å². The summed E-state index contributed by atoms with van der Waals surface area (Å²) in [7, 11) is 0. The van der Waals surface area contributed by atoms with Crippen molar-refractivity contribution in [3.05, 3.63) is 39.5 Å². The van der Waals surface area contributed by atoms with Crippen LogP contribution in [0.25, 0.3) is 11.3 Å². The number of Topliss-reactive ketones (excluding diaryl/α,β-unsaturated/α-hetero) is 1. The second kappa shape index (κ2) is 5.55. The van der Waals surface area contributed by atoms with Gasteiger partial charge in [0, 0.05) is 0 Å². The number of thioether (sulfide) groups is 1. The quantitative estimate of drug-likeness (QED) is 0.632. The fourth-order valence-corrected chi connectivity index (χ4v) is 2.50. The fraction of sp³-hybridized carbons (Fsp3) is 0.286. The van der Waals surface area contributed by atoms with Gasteiger partial charge in [0.2, 0.25) is 5.43 Å². The first-order valence-electron chi connectivity index (χ1n) is 6.07. The molecule has 0 bridgehead atoms. The maximum absolute atomic E-state index is 12.9. The van der Waals surface area contributed by atoms with E-state index in [1.807, 2.05) is 6.92 Å². The third kappa shape index (κ3) is 2.97. The summed E-state index contributed by atoms with van der Waals surface area (Å²) in [5.74, 6) is 0.00166. The molecule has 2 rings (SSSR count). The van der Waals surface area contributed by atoms with Crippen LogP contribution in [0.1, 0.15) is 29.8 Å². The number of ketones is 1. The van der Waals surface area contributed by atoms with Gasteiger partial charge in [-0.1, -0.05) is 18.7 Å². The van der Waals surface area contributed by atoms with Crippen LogP contribution in [0.2, 0.25) is 0 Å². The number of hydrogen-bond acceptors (Lipinski definition) is 4. The summed E-state index contributed by atoms with van der Waals surface area (Å²) >= 11 is 1.32. The molecule has 1 aliphatic heterocycles. The first-order chi connectivity index (χ1) is 9.75. The van der Waals surface area contributed by atoms with Crippen molar-refractivity contribution in [2.24, 2.45) is 0 Å². The first kappa shape index (κ1) is 15.6. The molecule has 0 unspecified atom stereocenters. The molecule has 0 fully saturated rings. The molecule has 0 saturated carbocycles. The maximum Gasteiger partial charge on any atom is 0.420 e. The normalized spacial score (nSPS) is 11.9. The Morgan fingerprint density at radius 3 is 2.52 bits per heavy atom. The summed E-state index contributed by atoms with van der Waals surface area (Å²) in [4.78, 5) is 23.5. The smallest absolute Gasteiger partial charge is 0.420 e. The van der Waals surface area contributed by atoms with E-state index in [1.54, 1.807) is 0 Å². The minimum Gasteiger partial charge on any atom is -0.449 e. The van der Waals surface area contributed by atoms with Crippen molar-refractivity contribution in [1.82, 2.24) is 0 Å². The zero-order chi connectivity index (χ0) is 15.8. The number of rotatable bonds is 3. The molecule has 21 heavy (non-hydrogen) atoms. The van der Waals surface area contributed by atoms with E-state index in [0.29, 0.717) is 16.9 Å². The number of fused-ring (bicyclic) bond motifs is 1. The zero-order valence-corrected chi connectivity index (χ0v) is 12.0. The number of alkyl halides is 3. The van der Waals surface area contributed by atoms with Gasteiger partial charge < -0.3 is 4.42 Å². The Balaban J connectivity index is 2.83. The van der Waals surface area contributed by atoms with Gasteiger partial charge in [-0.25, -0.2) is 0 Å². The van der Waals surface area contributed by atoms with E-state index in [2.05, 4.69) is 0 Å². The molecule has 2 aliphatic rings. The van der Waals surface area contributed by atoms with Gasteiger partial charge in [0.15, 0.2) is 10.9 Å². The molecule has 0 aromatic heterocycles. The molecule has 1 heterocycles. The van der Waals surface area contributed by atoms with Gasteiger partial charge in [-0.2, -0.15) is 13.2 Å². The summed E-state index contributed by atoms with van der Waals surface area (Å²) in [6.07, 6.45) is -4.81. The molecule has 0 aromatic carbocycles. The van der Waals surface area contributed by atoms with E-state index in [4.69, 9.17) is 4.42 Å². The fourth-order valence-electron chi connectivity index (χ4n) is 1.91. The van der Waals surface area contributed by atoms with E-state index in [1.165, 1.54) is 23.9 Å². The monoisotopic (exact) mass is 316 g/mol. The van der Waals surface area contributed by atoms with Crippen LogP contribution >= 0.6 is 11.8 Å². The van der Waals surface area contributed by atoms with Gasteiger partial charge in [0.05, 0.1) is 11.1 Å². The second-order valence-corrected chi connectivity index (χ2v) is 5.55. The highest BCUT2D eigenvalue weighted by Crippen LogP contribution is 2.34. The van der Waals surface area contributed by atoms with Gasteiger partial charge in [0.1, 0.15) is 11.3 Å².